The van der Waals surface area contributed by atoms with E-state index in [4.69, 9.17) is 4.52 Å². The second kappa shape index (κ2) is 7.72. The van der Waals surface area contributed by atoms with Gasteiger partial charge in [0.05, 0.1) is 6.54 Å². The molecule has 2 N–H and O–H groups in total. The van der Waals surface area contributed by atoms with Crippen molar-refractivity contribution in [1.82, 2.24) is 20.8 Å². The first-order chi connectivity index (χ1) is 10.7. The van der Waals surface area contributed by atoms with Gasteiger partial charge in [-0.15, -0.1) is 6.58 Å². The van der Waals surface area contributed by atoms with Crippen LogP contribution in [0, 0.1) is 0 Å². The van der Waals surface area contributed by atoms with Crippen molar-refractivity contribution in [2.45, 2.75) is 13.0 Å². The van der Waals surface area contributed by atoms with Crippen molar-refractivity contribution in [1.29, 1.82) is 0 Å². The number of carbonyl (C=O) groups excluding carboxylic acids is 2. The summed E-state index contributed by atoms with van der Waals surface area (Å²) in [5.41, 5.74) is 1.06. The van der Waals surface area contributed by atoms with Crippen molar-refractivity contribution in [3.8, 4) is 0 Å². The maximum atomic E-state index is 11.5. The van der Waals surface area contributed by atoms with Crippen molar-refractivity contribution >= 4 is 11.8 Å². The van der Waals surface area contributed by atoms with Gasteiger partial charge < -0.3 is 15.2 Å². The van der Waals surface area contributed by atoms with E-state index in [1.807, 2.05) is 30.3 Å². The Bertz CT molecular complexity index is 652. The molecular weight excluding hydrogens is 284 g/mol. The first-order valence-corrected chi connectivity index (χ1v) is 6.71. The summed E-state index contributed by atoms with van der Waals surface area (Å²) < 4.78 is 5.02. The highest BCUT2D eigenvalue weighted by atomic mass is 16.5. The van der Waals surface area contributed by atoms with Crippen LogP contribution in [-0.2, 0) is 22.6 Å². The van der Waals surface area contributed by atoms with Crippen molar-refractivity contribution in [2.24, 2.45) is 0 Å². The van der Waals surface area contributed by atoms with Gasteiger partial charge in [0.15, 0.2) is 5.82 Å². The first kappa shape index (κ1) is 15.4. The van der Waals surface area contributed by atoms with Gasteiger partial charge in [-0.2, -0.15) is 4.98 Å². The third-order valence-corrected chi connectivity index (χ3v) is 2.73. The standard InChI is InChI=1S/C15H16N4O3/c1-2-8-16-14(20)15(21)17-10-13-18-12(19-22-13)9-11-6-4-3-5-7-11/h2-7H,1,8-10H2,(H,16,20)(H,17,21). The Labute approximate surface area is 127 Å². The molecule has 7 nitrogen and oxygen atoms in total. The Morgan fingerprint density at radius 3 is 2.64 bits per heavy atom. The monoisotopic (exact) mass is 300 g/mol. The predicted molar refractivity (Wildman–Crippen MR) is 78.6 cm³/mol. The van der Waals surface area contributed by atoms with Crippen LogP contribution in [0.3, 0.4) is 0 Å². The highest BCUT2D eigenvalue weighted by Crippen LogP contribution is 2.06. The highest BCUT2D eigenvalue weighted by molar-refractivity contribution is 6.35. The van der Waals surface area contributed by atoms with E-state index in [9.17, 15) is 9.59 Å². The number of hydrogen-bond acceptors (Lipinski definition) is 5. The molecule has 0 spiro atoms. The van der Waals surface area contributed by atoms with Crippen LogP contribution in [-0.4, -0.2) is 28.5 Å². The van der Waals surface area contributed by atoms with Crippen LogP contribution < -0.4 is 10.6 Å². The number of amides is 2. The Hall–Kier alpha value is -2.96. The second-order valence-corrected chi connectivity index (χ2v) is 4.45. The van der Waals surface area contributed by atoms with Crippen LogP contribution in [0.1, 0.15) is 17.3 Å². The summed E-state index contributed by atoms with van der Waals surface area (Å²) in [5, 5.41) is 8.61. The maximum absolute atomic E-state index is 11.5. The number of benzene rings is 1. The number of rotatable bonds is 6. The number of hydrogen-bond donors (Lipinski definition) is 2. The van der Waals surface area contributed by atoms with Crippen LogP contribution >= 0.6 is 0 Å². The number of nitrogens with zero attached hydrogens (tertiary/aromatic N) is 2. The van der Waals surface area contributed by atoms with E-state index < -0.39 is 11.8 Å². The minimum atomic E-state index is -0.760. The average molecular weight is 300 g/mol. The molecule has 0 radical (unpaired) electrons. The molecule has 7 heteroatoms. The van der Waals surface area contributed by atoms with Gasteiger partial charge in [0, 0.05) is 13.0 Å². The molecule has 0 saturated carbocycles. The fourth-order valence-corrected chi connectivity index (χ4v) is 1.69. The molecule has 2 aromatic rings. The van der Waals surface area contributed by atoms with Crippen LogP contribution in [0.5, 0.6) is 0 Å². The number of nitrogens with one attached hydrogen (secondary N) is 2. The molecule has 2 rings (SSSR count). The Balaban J connectivity index is 1.83. The minimum Gasteiger partial charge on any atom is -0.344 e. The van der Waals surface area contributed by atoms with E-state index in [-0.39, 0.29) is 19.0 Å². The van der Waals surface area contributed by atoms with Crippen LogP contribution in [0.25, 0.3) is 0 Å². The van der Waals surface area contributed by atoms with Crippen LogP contribution in [0.2, 0.25) is 0 Å². The zero-order valence-electron chi connectivity index (χ0n) is 11.9. The van der Waals surface area contributed by atoms with Gasteiger partial charge in [0.2, 0.25) is 5.89 Å². The van der Waals surface area contributed by atoms with E-state index in [1.54, 1.807) is 0 Å². The molecule has 1 heterocycles. The SMILES string of the molecule is C=CCNC(=O)C(=O)NCc1nc(Cc2ccccc2)no1. The van der Waals surface area contributed by atoms with Crippen LogP contribution in [0.4, 0.5) is 0 Å². The summed E-state index contributed by atoms with van der Waals surface area (Å²) in [6.45, 7) is 3.68. The Morgan fingerprint density at radius 2 is 1.91 bits per heavy atom. The highest BCUT2D eigenvalue weighted by Gasteiger charge is 2.14. The summed E-state index contributed by atoms with van der Waals surface area (Å²) in [4.78, 5) is 27.0. The topological polar surface area (TPSA) is 97.1 Å². The zero-order chi connectivity index (χ0) is 15.8. The normalized spacial score (nSPS) is 10.0. The lowest BCUT2D eigenvalue weighted by atomic mass is 10.1. The molecule has 0 aliphatic rings. The summed E-state index contributed by atoms with van der Waals surface area (Å²) in [6.07, 6.45) is 2.02. The molecular formula is C15H16N4O3. The third kappa shape index (κ3) is 4.55. The summed E-state index contributed by atoms with van der Waals surface area (Å²) in [5.74, 6) is -0.726. The Morgan fingerprint density at radius 1 is 1.18 bits per heavy atom. The van der Waals surface area contributed by atoms with Crippen molar-refractivity contribution < 1.29 is 14.1 Å². The van der Waals surface area contributed by atoms with Gasteiger partial charge in [-0.3, -0.25) is 9.59 Å². The number of aromatic nitrogens is 2. The van der Waals surface area contributed by atoms with Gasteiger partial charge in [-0.1, -0.05) is 41.6 Å². The van der Waals surface area contributed by atoms with Crippen molar-refractivity contribution in [3.05, 3.63) is 60.3 Å². The maximum Gasteiger partial charge on any atom is 0.309 e. The molecule has 2 amide bonds. The van der Waals surface area contributed by atoms with E-state index in [1.165, 1.54) is 6.08 Å². The molecule has 0 aliphatic carbocycles. The molecule has 1 aromatic carbocycles. The fourth-order valence-electron chi connectivity index (χ4n) is 1.69. The molecule has 0 saturated heterocycles. The molecule has 0 aliphatic heterocycles. The minimum absolute atomic E-state index is 0.00212. The fraction of sp³-hybridized carbons (Fsp3) is 0.200. The molecule has 0 atom stereocenters. The molecule has 0 unspecified atom stereocenters. The largest absolute Gasteiger partial charge is 0.344 e. The van der Waals surface area contributed by atoms with Gasteiger partial charge >= 0.3 is 11.8 Å². The van der Waals surface area contributed by atoms with E-state index in [2.05, 4.69) is 27.4 Å². The van der Waals surface area contributed by atoms with E-state index in [0.29, 0.717) is 12.2 Å². The zero-order valence-corrected chi connectivity index (χ0v) is 11.9. The quantitative estimate of drug-likeness (QED) is 0.601. The average Bonchev–Trinajstić information content (AvgIpc) is 2.98. The third-order valence-electron chi connectivity index (χ3n) is 2.73. The molecule has 22 heavy (non-hydrogen) atoms. The van der Waals surface area contributed by atoms with Gasteiger partial charge in [0.25, 0.3) is 0 Å². The van der Waals surface area contributed by atoms with Crippen molar-refractivity contribution in [3.63, 3.8) is 0 Å². The summed E-state index contributed by atoms with van der Waals surface area (Å²) in [7, 11) is 0. The lowest BCUT2D eigenvalue weighted by Gasteiger charge is -2.01. The molecule has 0 bridgehead atoms. The van der Waals surface area contributed by atoms with Gasteiger partial charge in [0.1, 0.15) is 0 Å². The van der Waals surface area contributed by atoms with Gasteiger partial charge in [-0.25, -0.2) is 0 Å². The smallest absolute Gasteiger partial charge is 0.309 e. The summed E-state index contributed by atoms with van der Waals surface area (Å²) in [6, 6.07) is 9.71. The van der Waals surface area contributed by atoms with Crippen LogP contribution in [0.15, 0.2) is 47.5 Å². The van der Waals surface area contributed by atoms with E-state index in [0.717, 1.165) is 5.56 Å². The lowest BCUT2D eigenvalue weighted by molar-refractivity contribution is -0.139. The van der Waals surface area contributed by atoms with Gasteiger partial charge in [-0.05, 0) is 5.56 Å². The first-order valence-electron chi connectivity index (χ1n) is 6.71. The molecule has 114 valence electrons. The summed E-state index contributed by atoms with van der Waals surface area (Å²) >= 11 is 0. The molecule has 1 aromatic heterocycles. The predicted octanol–water partition coefficient (Wildman–Crippen LogP) is 0.579. The van der Waals surface area contributed by atoms with Crippen molar-refractivity contribution in [2.75, 3.05) is 6.54 Å². The van der Waals surface area contributed by atoms with E-state index >= 15 is 0 Å². The molecule has 0 fully saturated rings. The second-order valence-electron chi connectivity index (χ2n) is 4.45. The number of carbonyl (C=O) groups is 2. The lowest BCUT2D eigenvalue weighted by Crippen LogP contribution is -2.39. The Kier molecular flexibility index (Phi) is 5.42.